The number of allylic oxidation sites excluding steroid dienone is 3. The van der Waals surface area contributed by atoms with E-state index in [-0.39, 0.29) is 11.7 Å². The molecule has 2 N–H and O–H groups in total. The molecule has 1 aromatic heterocycles. The van der Waals surface area contributed by atoms with Crippen molar-refractivity contribution in [2.24, 2.45) is 11.7 Å². The van der Waals surface area contributed by atoms with Crippen LogP contribution in [-0.2, 0) is 11.2 Å². The molecule has 20 heavy (non-hydrogen) atoms. The Labute approximate surface area is 123 Å². The number of halogens is 1. The second-order valence-electron chi connectivity index (χ2n) is 4.75. The summed E-state index contributed by atoms with van der Waals surface area (Å²) in [7, 11) is 1.50. The van der Waals surface area contributed by atoms with E-state index in [0.29, 0.717) is 16.6 Å². The first-order valence-corrected chi connectivity index (χ1v) is 6.79. The van der Waals surface area contributed by atoms with Gasteiger partial charge in [-0.15, -0.1) is 0 Å². The Kier molecular flexibility index (Phi) is 4.45. The van der Waals surface area contributed by atoms with Crippen molar-refractivity contribution in [3.63, 3.8) is 0 Å². The molecular formula is C15H17ClN2O2. The van der Waals surface area contributed by atoms with E-state index in [1.807, 2.05) is 13.0 Å². The third-order valence-corrected chi connectivity index (χ3v) is 3.57. The Hall–Kier alpha value is -1.81. The molecule has 1 aromatic rings. The molecule has 0 saturated carbocycles. The van der Waals surface area contributed by atoms with Gasteiger partial charge < -0.3 is 10.5 Å². The lowest BCUT2D eigenvalue weighted by molar-refractivity contribution is 0.0928. The Morgan fingerprint density at radius 1 is 1.60 bits per heavy atom. The lowest BCUT2D eigenvalue weighted by Gasteiger charge is -2.21. The fraction of sp³-hybridized carbons (Fsp3) is 0.333. The molecule has 2 rings (SSSR count). The summed E-state index contributed by atoms with van der Waals surface area (Å²) in [6.45, 7) is 1.89. The zero-order chi connectivity index (χ0) is 14.7. The number of hydrogen-bond donors (Lipinski definition) is 1. The normalized spacial score (nSPS) is 19.2. The number of nitrogens with two attached hydrogens (primary N) is 1. The van der Waals surface area contributed by atoms with E-state index < -0.39 is 0 Å². The maximum atomic E-state index is 12.5. The molecule has 0 bridgehead atoms. The summed E-state index contributed by atoms with van der Waals surface area (Å²) < 4.78 is 4.83. The third kappa shape index (κ3) is 3.02. The van der Waals surface area contributed by atoms with Gasteiger partial charge in [0, 0.05) is 11.5 Å². The van der Waals surface area contributed by atoms with Gasteiger partial charge in [0.2, 0.25) is 0 Å². The van der Waals surface area contributed by atoms with Crippen molar-refractivity contribution in [1.82, 2.24) is 4.98 Å². The maximum absolute atomic E-state index is 12.5. The minimum absolute atomic E-state index is 0.0913. The fourth-order valence-electron chi connectivity index (χ4n) is 2.36. The van der Waals surface area contributed by atoms with Gasteiger partial charge in [0.05, 0.1) is 12.8 Å². The molecule has 1 unspecified atom stereocenters. The van der Waals surface area contributed by atoms with Crippen LogP contribution in [0.25, 0.3) is 0 Å². The summed E-state index contributed by atoms with van der Waals surface area (Å²) in [6.07, 6.45) is 6.73. The second-order valence-corrected chi connectivity index (χ2v) is 5.14. The second kappa shape index (κ2) is 6.09. The first-order chi connectivity index (χ1) is 9.52. The van der Waals surface area contributed by atoms with Gasteiger partial charge in [-0.3, -0.25) is 4.79 Å². The molecule has 0 aromatic carbocycles. The van der Waals surface area contributed by atoms with Gasteiger partial charge in [-0.05, 0) is 37.5 Å². The number of ether oxygens (including phenoxy) is 1. The number of carbonyl (C=O) groups is 1. The molecule has 0 aliphatic heterocycles. The van der Waals surface area contributed by atoms with Crippen LogP contribution >= 0.6 is 11.6 Å². The SMILES string of the molecule is CO/C(N)=C/C=C/C1CCc2nc(Cl)cc(C)c2C1=O. The number of carbonyl (C=O) groups excluding carboxylic acids is 1. The molecule has 0 radical (unpaired) electrons. The summed E-state index contributed by atoms with van der Waals surface area (Å²) in [5.74, 6) is 0.258. The monoisotopic (exact) mass is 292 g/mol. The summed E-state index contributed by atoms with van der Waals surface area (Å²) in [6, 6.07) is 1.73. The highest BCUT2D eigenvalue weighted by Crippen LogP contribution is 2.29. The van der Waals surface area contributed by atoms with Crippen LogP contribution < -0.4 is 5.73 Å². The van der Waals surface area contributed by atoms with Gasteiger partial charge in [0.25, 0.3) is 0 Å². The predicted octanol–water partition coefficient (Wildman–Crippen LogP) is 2.79. The van der Waals surface area contributed by atoms with Crippen molar-refractivity contribution in [3.8, 4) is 0 Å². The van der Waals surface area contributed by atoms with Crippen molar-refractivity contribution < 1.29 is 9.53 Å². The Balaban J connectivity index is 2.24. The van der Waals surface area contributed by atoms with Gasteiger partial charge in [-0.2, -0.15) is 0 Å². The Morgan fingerprint density at radius 3 is 3.05 bits per heavy atom. The smallest absolute Gasteiger partial charge is 0.183 e. The highest BCUT2D eigenvalue weighted by atomic mass is 35.5. The molecule has 4 nitrogen and oxygen atoms in total. The van der Waals surface area contributed by atoms with Crippen LogP contribution in [0.5, 0.6) is 0 Å². The van der Waals surface area contributed by atoms with E-state index in [1.54, 1.807) is 18.2 Å². The molecule has 5 heteroatoms. The van der Waals surface area contributed by atoms with Crippen molar-refractivity contribution >= 4 is 17.4 Å². The number of aromatic nitrogens is 1. The molecule has 1 atom stereocenters. The van der Waals surface area contributed by atoms with Crippen LogP contribution in [0.2, 0.25) is 5.15 Å². The van der Waals surface area contributed by atoms with Crippen LogP contribution in [0.4, 0.5) is 0 Å². The topological polar surface area (TPSA) is 65.2 Å². The number of methoxy groups -OCH3 is 1. The number of nitrogens with zero attached hydrogens (tertiary/aromatic N) is 1. The Bertz CT molecular complexity index is 594. The molecule has 0 amide bonds. The zero-order valence-electron chi connectivity index (χ0n) is 11.5. The summed E-state index contributed by atoms with van der Waals surface area (Å²) in [4.78, 5) is 16.7. The molecule has 0 spiro atoms. The first-order valence-electron chi connectivity index (χ1n) is 6.41. The quantitative estimate of drug-likeness (QED) is 0.528. The standard InChI is InChI=1S/C15H17ClN2O2/c1-9-8-12(16)18-11-7-6-10(15(19)14(9)11)4-3-5-13(17)20-2/h3-5,8,10H,6-7,17H2,1-2H3/b4-3+,13-5+. The number of pyridine rings is 1. The largest absolute Gasteiger partial charge is 0.483 e. The van der Waals surface area contributed by atoms with Gasteiger partial charge in [-0.25, -0.2) is 4.98 Å². The number of ketones is 1. The van der Waals surface area contributed by atoms with Gasteiger partial charge in [0.1, 0.15) is 5.15 Å². The Morgan fingerprint density at radius 2 is 2.35 bits per heavy atom. The van der Waals surface area contributed by atoms with E-state index in [1.165, 1.54) is 7.11 Å². The first kappa shape index (κ1) is 14.6. The van der Waals surface area contributed by atoms with Crippen molar-refractivity contribution in [2.75, 3.05) is 7.11 Å². The lowest BCUT2D eigenvalue weighted by Crippen LogP contribution is -2.23. The summed E-state index contributed by atoms with van der Waals surface area (Å²) >= 11 is 5.93. The van der Waals surface area contributed by atoms with Gasteiger partial charge >= 0.3 is 0 Å². The average Bonchev–Trinajstić information content (AvgIpc) is 2.40. The average molecular weight is 293 g/mol. The number of hydrogen-bond acceptors (Lipinski definition) is 4. The highest BCUT2D eigenvalue weighted by Gasteiger charge is 2.28. The number of fused-ring (bicyclic) bond motifs is 1. The summed E-state index contributed by atoms with van der Waals surface area (Å²) in [5.41, 5.74) is 7.91. The van der Waals surface area contributed by atoms with Crippen LogP contribution in [0.1, 0.15) is 28.0 Å². The lowest BCUT2D eigenvalue weighted by atomic mass is 9.83. The number of aryl methyl sites for hydroxylation is 2. The third-order valence-electron chi connectivity index (χ3n) is 3.38. The van der Waals surface area contributed by atoms with Crippen LogP contribution in [0, 0.1) is 12.8 Å². The van der Waals surface area contributed by atoms with Crippen molar-refractivity contribution in [2.45, 2.75) is 19.8 Å². The molecular weight excluding hydrogens is 276 g/mol. The predicted molar refractivity (Wildman–Crippen MR) is 78.5 cm³/mol. The molecule has 1 heterocycles. The van der Waals surface area contributed by atoms with E-state index >= 15 is 0 Å². The zero-order valence-corrected chi connectivity index (χ0v) is 12.3. The highest BCUT2D eigenvalue weighted by molar-refractivity contribution is 6.29. The molecule has 106 valence electrons. The van der Waals surface area contributed by atoms with Crippen molar-refractivity contribution in [1.29, 1.82) is 0 Å². The minimum atomic E-state index is -0.148. The van der Waals surface area contributed by atoms with E-state index in [0.717, 1.165) is 24.1 Å². The van der Waals surface area contributed by atoms with Crippen LogP contribution in [0.3, 0.4) is 0 Å². The molecule has 0 fully saturated rings. The van der Waals surface area contributed by atoms with Gasteiger partial charge in [0.15, 0.2) is 11.7 Å². The van der Waals surface area contributed by atoms with E-state index in [4.69, 9.17) is 22.1 Å². The van der Waals surface area contributed by atoms with Crippen molar-refractivity contribution in [3.05, 3.63) is 52.2 Å². The van der Waals surface area contributed by atoms with Crippen LogP contribution in [0.15, 0.2) is 30.2 Å². The number of rotatable bonds is 3. The molecule has 1 aliphatic rings. The fourth-order valence-corrected chi connectivity index (χ4v) is 2.62. The van der Waals surface area contributed by atoms with E-state index in [9.17, 15) is 4.79 Å². The molecule has 1 aliphatic carbocycles. The summed E-state index contributed by atoms with van der Waals surface area (Å²) in [5, 5.41) is 0.443. The number of Topliss-reactive ketones (excluding diaryl/α,β-unsaturated/α-hetero) is 1. The van der Waals surface area contributed by atoms with Crippen LogP contribution in [-0.4, -0.2) is 17.9 Å². The maximum Gasteiger partial charge on any atom is 0.183 e. The molecule has 0 saturated heterocycles. The minimum Gasteiger partial charge on any atom is -0.483 e. The van der Waals surface area contributed by atoms with Gasteiger partial charge in [-0.1, -0.05) is 23.8 Å². The van der Waals surface area contributed by atoms with E-state index in [2.05, 4.69) is 4.98 Å².